The monoisotopic (exact) mass is 450 g/mol. The zero-order valence-electron chi connectivity index (χ0n) is 19.5. The minimum atomic E-state index is -0.178. The summed E-state index contributed by atoms with van der Waals surface area (Å²) in [6, 6.07) is 15.0. The zero-order valence-corrected chi connectivity index (χ0v) is 19.5. The summed E-state index contributed by atoms with van der Waals surface area (Å²) in [6.45, 7) is 0.0901. The summed E-state index contributed by atoms with van der Waals surface area (Å²) >= 11 is 0. The third-order valence-corrected chi connectivity index (χ3v) is 5.88. The molecule has 1 saturated carbocycles. The number of carbonyl (C=O) groups is 3. The van der Waals surface area contributed by atoms with Crippen LogP contribution in [0.4, 0.5) is 11.4 Å². The van der Waals surface area contributed by atoms with Crippen molar-refractivity contribution in [2.75, 3.05) is 31.3 Å². The molecule has 7 nitrogen and oxygen atoms in total. The van der Waals surface area contributed by atoms with Crippen molar-refractivity contribution in [1.29, 1.82) is 0 Å². The van der Waals surface area contributed by atoms with Gasteiger partial charge in [0.05, 0.1) is 6.54 Å². The fraction of sp³-hybridized carbons (Fsp3) is 0.423. The van der Waals surface area contributed by atoms with E-state index in [1.54, 1.807) is 31.1 Å². The molecule has 0 spiro atoms. The highest BCUT2D eigenvalue weighted by molar-refractivity contribution is 5.96. The van der Waals surface area contributed by atoms with Gasteiger partial charge in [0.25, 0.3) is 5.91 Å². The maximum atomic E-state index is 12.5. The van der Waals surface area contributed by atoms with Crippen LogP contribution >= 0.6 is 0 Å². The molecule has 3 amide bonds. The number of nitrogens with one attached hydrogen (secondary N) is 3. The van der Waals surface area contributed by atoms with Gasteiger partial charge in [-0.3, -0.25) is 14.4 Å². The third-order valence-electron chi connectivity index (χ3n) is 5.88. The van der Waals surface area contributed by atoms with Gasteiger partial charge in [0.1, 0.15) is 0 Å². The first-order chi connectivity index (χ1) is 15.9. The fourth-order valence-corrected chi connectivity index (χ4v) is 3.90. The minimum absolute atomic E-state index is 0.0672. The van der Waals surface area contributed by atoms with Gasteiger partial charge in [0, 0.05) is 43.5 Å². The number of aryl methyl sites for hydroxylation is 1. The van der Waals surface area contributed by atoms with E-state index in [0.717, 1.165) is 24.1 Å². The summed E-state index contributed by atoms with van der Waals surface area (Å²) in [5.41, 5.74) is 3.06. The Morgan fingerprint density at radius 1 is 0.939 bits per heavy atom. The molecule has 1 aliphatic rings. The molecule has 2 aromatic carbocycles. The first-order valence-corrected chi connectivity index (χ1v) is 11.6. The van der Waals surface area contributed by atoms with Crippen LogP contribution in [0.15, 0.2) is 48.5 Å². The minimum Gasteiger partial charge on any atom is -0.376 e. The van der Waals surface area contributed by atoms with Crippen molar-refractivity contribution in [2.45, 2.75) is 51.0 Å². The van der Waals surface area contributed by atoms with Crippen molar-refractivity contribution in [3.05, 3.63) is 59.7 Å². The summed E-state index contributed by atoms with van der Waals surface area (Å²) in [6.07, 6.45) is 6.78. The molecule has 0 atom stereocenters. The van der Waals surface area contributed by atoms with Crippen LogP contribution in [0.2, 0.25) is 0 Å². The van der Waals surface area contributed by atoms with Crippen molar-refractivity contribution in [1.82, 2.24) is 10.2 Å². The molecule has 0 unspecified atom stereocenters. The molecule has 1 fully saturated rings. The summed E-state index contributed by atoms with van der Waals surface area (Å²) < 4.78 is 0. The van der Waals surface area contributed by atoms with Crippen LogP contribution in [0.3, 0.4) is 0 Å². The maximum absolute atomic E-state index is 12.5. The number of anilines is 2. The summed E-state index contributed by atoms with van der Waals surface area (Å²) in [5.74, 6) is -0.154. The molecular weight excluding hydrogens is 416 g/mol. The Balaban J connectivity index is 1.45. The normalized spacial score (nSPS) is 13.8. The molecule has 0 saturated heterocycles. The molecule has 3 N–H and O–H groups in total. The first kappa shape index (κ1) is 24.3. The average Bonchev–Trinajstić information content (AvgIpc) is 2.83. The van der Waals surface area contributed by atoms with Crippen molar-refractivity contribution in [2.24, 2.45) is 0 Å². The van der Waals surface area contributed by atoms with Crippen LogP contribution in [0, 0.1) is 0 Å². The molecule has 0 radical (unpaired) electrons. The quantitative estimate of drug-likeness (QED) is 0.542. The number of hydrogen-bond donors (Lipinski definition) is 3. The molecule has 2 aromatic rings. The smallest absolute Gasteiger partial charge is 0.251 e. The molecule has 1 aliphatic carbocycles. The van der Waals surface area contributed by atoms with Crippen LogP contribution in [-0.4, -0.2) is 49.3 Å². The van der Waals surface area contributed by atoms with Crippen molar-refractivity contribution < 1.29 is 14.4 Å². The molecule has 0 heterocycles. The molecule has 176 valence electrons. The van der Waals surface area contributed by atoms with Gasteiger partial charge < -0.3 is 20.9 Å². The molecule has 7 heteroatoms. The van der Waals surface area contributed by atoms with Gasteiger partial charge >= 0.3 is 0 Å². The average molecular weight is 451 g/mol. The van der Waals surface area contributed by atoms with Gasteiger partial charge in [-0.25, -0.2) is 0 Å². The van der Waals surface area contributed by atoms with Gasteiger partial charge in [-0.1, -0.05) is 37.5 Å². The summed E-state index contributed by atoms with van der Waals surface area (Å²) in [5, 5.41) is 9.06. The maximum Gasteiger partial charge on any atom is 0.251 e. The molecule has 33 heavy (non-hydrogen) atoms. The van der Waals surface area contributed by atoms with Crippen LogP contribution in [0.25, 0.3) is 0 Å². The highest BCUT2D eigenvalue weighted by atomic mass is 16.2. The number of hydrogen-bond acceptors (Lipinski definition) is 4. The molecule has 3 rings (SSSR count). The number of amides is 3. The SMILES string of the molecule is CN(C)C(=O)CCc1ccc(NC(=O)CNc2cccc(C(=O)NC3CCCCC3)c2)cc1. The van der Waals surface area contributed by atoms with E-state index < -0.39 is 0 Å². The van der Waals surface area contributed by atoms with Crippen LogP contribution < -0.4 is 16.0 Å². The third kappa shape index (κ3) is 7.93. The van der Waals surface area contributed by atoms with E-state index in [1.807, 2.05) is 36.4 Å². The van der Waals surface area contributed by atoms with Crippen LogP contribution in [-0.2, 0) is 16.0 Å². The molecule has 0 aliphatic heterocycles. The number of carbonyl (C=O) groups excluding carboxylic acids is 3. The van der Waals surface area contributed by atoms with Gasteiger partial charge in [-0.05, 0) is 55.2 Å². The van der Waals surface area contributed by atoms with Crippen LogP contribution in [0.1, 0.15) is 54.4 Å². The van der Waals surface area contributed by atoms with Crippen molar-refractivity contribution >= 4 is 29.1 Å². The zero-order chi connectivity index (χ0) is 23.6. The van der Waals surface area contributed by atoms with E-state index in [-0.39, 0.29) is 30.3 Å². The second kappa shape index (κ2) is 12.0. The van der Waals surface area contributed by atoms with E-state index in [0.29, 0.717) is 24.1 Å². The lowest BCUT2D eigenvalue weighted by Crippen LogP contribution is -2.36. The first-order valence-electron chi connectivity index (χ1n) is 11.6. The Kier molecular flexibility index (Phi) is 8.87. The number of benzene rings is 2. The molecule has 0 aromatic heterocycles. The molecular formula is C26H34N4O3. The van der Waals surface area contributed by atoms with E-state index in [2.05, 4.69) is 16.0 Å². The summed E-state index contributed by atoms with van der Waals surface area (Å²) in [4.78, 5) is 38.2. The lowest BCUT2D eigenvalue weighted by molar-refractivity contribution is -0.128. The Morgan fingerprint density at radius 2 is 1.67 bits per heavy atom. The Morgan fingerprint density at radius 3 is 2.36 bits per heavy atom. The lowest BCUT2D eigenvalue weighted by atomic mass is 9.95. The standard InChI is InChI=1S/C26H34N4O3/c1-30(2)25(32)16-13-19-11-14-22(15-12-19)28-24(31)18-27-23-10-6-7-20(17-23)26(33)29-21-8-4-3-5-9-21/h6-7,10-12,14-15,17,21,27H,3-5,8-9,13,16,18H2,1-2H3,(H,28,31)(H,29,33). The second-order valence-electron chi connectivity index (χ2n) is 8.78. The van der Waals surface area contributed by atoms with Gasteiger partial charge in [-0.2, -0.15) is 0 Å². The summed E-state index contributed by atoms with van der Waals surface area (Å²) in [7, 11) is 3.50. The van der Waals surface area contributed by atoms with E-state index in [9.17, 15) is 14.4 Å². The van der Waals surface area contributed by atoms with Crippen LogP contribution in [0.5, 0.6) is 0 Å². The number of nitrogens with zero attached hydrogens (tertiary/aromatic N) is 1. The fourth-order valence-electron chi connectivity index (χ4n) is 3.90. The lowest BCUT2D eigenvalue weighted by Gasteiger charge is -2.22. The van der Waals surface area contributed by atoms with E-state index >= 15 is 0 Å². The second-order valence-corrected chi connectivity index (χ2v) is 8.78. The topological polar surface area (TPSA) is 90.5 Å². The highest BCUT2D eigenvalue weighted by Crippen LogP contribution is 2.18. The Labute approximate surface area is 195 Å². The predicted molar refractivity (Wildman–Crippen MR) is 131 cm³/mol. The van der Waals surface area contributed by atoms with E-state index in [4.69, 9.17) is 0 Å². The Hall–Kier alpha value is -3.35. The van der Waals surface area contributed by atoms with E-state index in [1.165, 1.54) is 19.3 Å². The van der Waals surface area contributed by atoms with Gasteiger partial charge in [0.15, 0.2) is 0 Å². The highest BCUT2D eigenvalue weighted by Gasteiger charge is 2.16. The van der Waals surface area contributed by atoms with Gasteiger partial charge in [0.2, 0.25) is 11.8 Å². The van der Waals surface area contributed by atoms with Crippen molar-refractivity contribution in [3.8, 4) is 0 Å². The Bertz CT molecular complexity index is 950. The largest absolute Gasteiger partial charge is 0.376 e. The molecule has 0 bridgehead atoms. The number of rotatable bonds is 9. The van der Waals surface area contributed by atoms with Crippen molar-refractivity contribution in [3.63, 3.8) is 0 Å². The predicted octanol–water partition coefficient (Wildman–Crippen LogP) is 3.82. The van der Waals surface area contributed by atoms with Gasteiger partial charge in [-0.15, -0.1) is 0 Å².